The summed E-state index contributed by atoms with van der Waals surface area (Å²) >= 11 is 0. The molecule has 0 aliphatic carbocycles. The summed E-state index contributed by atoms with van der Waals surface area (Å²) in [5.74, 6) is 0.456. The highest BCUT2D eigenvalue weighted by Crippen LogP contribution is 2.28. The Hall–Kier alpha value is -1.84. The lowest BCUT2D eigenvalue weighted by Crippen LogP contribution is -2.37. The van der Waals surface area contributed by atoms with Crippen LogP contribution in [-0.4, -0.2) is 23.9 Å². The van der Waals surface area contributed by atoms with Gasteiger partial charge in [-0.15, -0.1) is 0 Å². The Bertz CT molecular complexity index is 626. The van der Waals surface area contributed by atoms with Gasteiger partial charge in [-0.05, 0) is 42.9 Å². The van der Waals surface area contributed by atoms with Crippen molar-refractivity contribution in [2.24, 2.45) is 5.92 Å². The lowest BCUT2D eigenvalue weighted by molar-refractivity contribution is -0.130. The predicted molar refractivity (Wildman–Crippen MR) is 74.9 cm³/mol. The van der Waals surface area contributed by atoms with Crippen molar-refractivity contribution in [1.29, 1.82) is 0 Å². The minimum absolute atomic E-state index is 0.160. The van der Waals surface area contributed by atoms with Gasteiger partial charge in [-0.2, -0.15) is 0 Å². The van der Waals surface area contributed by atoms with Gasteiger partial charge in [0.15, 0.2) is 0 Å². The number of carbonyl (C=O) groups is 1. The second kappa shape index (κ2) is 5.27. The molecule has 0 saturated carbocycles. The van der Waals surface area contributed by atoms with Crippen LogP contribution in [0.5, 0.6) is 0 Å². The van der Waals surface area contributed by atoms with Gasteiger partial charge in [0.25, 0.3) is 0 Å². The zero-order valence-electron chi connectivity index (χ0n) is 11.6. The quantitative estimate of drug-likeness (QED) is 0.842. The Kier molecular flexibility index (Phi) is 3.47. The lowest BCUT2D eigenvalue weighted by Gasteiger charge is -2.31. The number of halogens is 1. The number of amides is 1. The fourth-order valence-corrected chi connectivity index (χ4v) is 2.98. The largest absolute Gasteiger partial charge is 0.464 e. The van der Waals surface area contributed by atoms with Gasteiger partial charge in [0, 0.05) is 31.5 Å². The zero-order chi connectivity index (χ0) is 14.1. The third kappa shape index (κ3) is 2.55. The number of carbonyl (C=O) groups excluding carboxylic acids is 1. The van der Waals surface area contributed by atoms with Crippen LogP contribution in [0.3, 0.4) is 0 Å². The molecule has 0 atom stereocenters. The van der Waals surface area contributed by atoms with E-state index in [0.717, 1.165) is 43.3 Å². The van der Waals surface area contributed by atoms with E-state index in [0.29, 0.717) is 11.5 Å². The van der Waals surface area contributed by atoms with Gasteiger partial charge >= 0.3 is 0 Å². The molecule has 1 amide bonds. The number of furan rings is 1. The van der Waals surface area contributed by atoms with Crippen LogP contribution in [0.15, 0.2) is 28.9 Å². The van der Waals surface area contributed by atoms with Gasteiger partial charge in [0.2, 0.25) is 5.91 Å². The number of hydrogen-bond acceptors (Lipinski definition) is 2. The number of hydrogen-bond donors (Lipinski definition) is 0. The van der Waals surface area contributed by atoms with Gasteiger partial charge in [-0.1, -0.05) is 0 Å². The maximum Gasteiger partial charge on any atom is 0.219 e. The number of nitrogens with zero attached hydrogens (tertiary/aromatic N) is 1. The molecule has 2 aromatic rings. The summed E-state index contributed by atoms with van der Waals surface area (Å²) in [6.45, 7) is 3.30. The van der Waals surface area contributed by atoms with Crippen molar-refractivity contribution in [1.82, 2.24) is 4.90 Å². The molecule has 0 bridgehead atoms. The van der Waals surface area contributed by atoms with Crippen molar-refractivity contribution >= 4 is 16.9 Å². The van der Waals surface area contributed by atoms with Crippen LogP contribution in [0, 0.1) is 11.7 Å². The fraction of sp³-hybridized carbons (Fsp3) is 0.438. The van der Waals surface area contributed by atoms with Crippen LogP contribution in [0.4, 0.5) is 4.39 Å². The summed E-state index contributed by atoms with van der Waals surface area (Å²) in [5.41, 5.74) is 1.75. The van der Waals surface area contributed by atoms with E-state index in [1.165, 1.54) is 12.1 Å². The SMILES string of the molecule is CC(=O)N1CCC(Cc2coc3cc(F)ccc23)CC1. The van der Waals surface area contributed by atoms with E-state index in [4.69, 9.17) is 4.42 Å². The highest BCUT2D eigenvalue weighted by molar-refractivity contribution is 5.81. The van der Waals surface area contributed by atoms with Crippen molar-refractivity contribution < 1.29 is 13.6 Å². The molecule has 3 rings (SSSR count). The van der Waals surface area contributed by atoms with Crippen LogP contribution in [0.1, 0.15) is 25.3 Å². The molecule has 1 aromatic heterocycles. The number of rotatable bonds is 2. The molecular formula is C16H18FNO2. The molecule has 3 nitrogen and oxygen atoms in total. The van der Waals surface area contributed by atoms with Crippen molar-refractivity contribution in [3.05, 3.63) is 35.8 Å². The Balaban J connectivity index is 1.70. The Morgan fingerprint density at radius 3 is 2.85 bits per heavy atom. The Morgan fingerprint density at radius 2 is 2.15 bits per heavy atom. The van der Waals surface area contributed by atoms with Gasteiger partial charge in [0.05, 0.1) is 6.26 Å². The predicted octanol–water partition coefficient (Wildman–Crippen LogP) is 3.37. The minimum Gasteiger partial charge on any atom is -0.464 e. The molecule has 2 heterocycles. The van der Waals surface area contributed by atoms with Crippen LogP contribution in [0.2, 0.25) is 0 Å². The first kappa shape index (κ1) is 13.2. The summed E-state index contributed by atoms with van der Waals surface area (Å²) in [6, 6.07) is 4.69. The second-order valence-electron chi connectivity index (χ2n) is 5.55. The normalized spacial score (nSPS) is 16.8. The molecule has 20 heavy (non-hydrogen) atoms. The van der Waals surface area contributed by atoms with Crippen LogP contribution < -0.4 is 0 Å². The van der Waals surface area contributed by atoms with E-state index in [1.807, 2.05) is 4.90 Å². The van der Waals surface area contributed by atoms with Crippen molar-refractivity contribution in [2.45, 2.75) is 26.2 Å². The number of piperidine rings is 1. The van der Waals surface area contributed by atoms with Crippen molar-refractivity contribution in [3.63, 3.8) is 0 Å². The van der Waals surface area contributed by atoms with Crippen LogP contribution >= 0.6 is 0 Å². The Morgan fingerprint density at radius 1 is 1.40 bits per heavy atom. The minimum atomic E-state index is -0.270. The van der Waals surface area contributed by atoms with Gasteiger partial charge < -0.3 is 9.32 Å². The Labute approximate surface area is 117 Å². The first-order chi connectivity index (χ1) is 9.63. The highest BCUT2D eigenvalue weighted by atomic mass is 19.1. The van der Waals surface area contributed by atoms with Crippen molar-refractivity contribution in [3.8, 4) is 0 Å². The van der Waals surface area contributed by atoms with E-state index in [-0.39, 0.29) is 11.7 Å². The number of likely N-dealkylation sites (tertiary alicyclic amines) is 1. The first-order valence-corrected chi connectivity index (χ1v) is 7.04. The van der Waals surface area contributed by atoms with Gasteiger partial charge in [-0.3, -0.25) is 4.79 Å². The third-order valence-corrected chi connectivity index (χ3v) is 4.19. The second-order valence-corrected chi connectivity index (χ2v) is 5.55. The van der Waals surface area contributed by atoms with E-state index in [2.05, 4.69) is 0 Å². The standard InChI is InChI=1S/C16H18FNO2/c1-11(19)18-6-4-12(5-7-18)8-13-10-20-16-9-14(17)2-3-15(13)16/h2-3,9-10,12H,4-8H2,1H3. The molecule has 1 aromatic carbocycles. The summed E-state index contributed by atoms with van der Waals surface area (Å²) in [7, 11) is 0. The lowest BCUT2D eigenvalue weighted by atomic mass is 9.90. The summed E-state index contributed by atoms with van der Waals surface area (Å²) in [6.07, 6.45) is 4.72. The maximum absolute atomic E-state index is 13.1. The van der Waals surface area contributed by atoms with E-state index in [9.17, 15) is 9.18 Å². The van der Waals surface area contributed by atoms with Crippen LogP contribution in [0.25, 0.3) is 11.0 Å². The van der Waals surface area contributed by atoms with E-state index in [1.54, 1.807) is 19.3 Å². The molecule has 1 aliphatic rings. The summed E-state index contributed by atoms with van der Waals surface area (Å²) < 4.78 is 18.6. The topological polar surface area (TPSA) is 33.5 Å². The molecule has 0 N–H and O–H groups in total. The smallest absolute Gasteiger partial charge is 0.219 e. The molecule has 106 valence electrons. The van der Waals surface area contributed by atoms with Crippen molar-refractivity contribution in [2.75, 3.05) is 13.1 Å². The maximum atomic E-state index is 13.1. The van der Waals surface area contributed by atoms with Gasteiger partial charge in [0.1, 0.15) is 11.4 Å². The molecule has 0 unspecified atom stereocenters. The summed E-state index contributed by atoms with van der Waals surface area (Å²) in [5, 5.41) is 1.00. The first-order valence-electron chi connectivity index (χ1n) is 7.04. The van der Waals surface area contributed by atoms with Crippen LogP contribution in [-0.2, 0) is 11.2 Å². The average molecular weight is 275 g/mol. The monoisotopic (exact) mass is 275 g/mol. The van der Waals surface area contributed by atoms with Gasteiger partial charge in [-0.25, -0.2) is 4.39 Å². The molecule has 0 radical (unpaired) electrons. The molecule has 0 spiro atoms. The molecular weight excluding hydrogens is 257 g/mol. The molecule has 1 fully saturated rings. The highest BCUT2D eigenvalue weighted by Gasteiger charge is 2.22. The van der Waals surface area contributed by atoms with E-state index < -0.39 is 0 Å². The number of fused-ring (bicyclic) bond motifs is 1. The number of benzene rings is 1. The summed E-state index contributed by atoms with van der Waals surface area (Å²) in [4.78, 5) is 13.2. The fourth-order valence-electron chi connectivity index (χ4n) is 2.98. The van der Waals surface area contributed by atoms with E-state index >= 15 is 0 Å². The third-order valence-electron chi connectivity index (χ3n) is 4.19. The molecule has 1 saturated heterocycles. The molecule has 4 heteroatoms. The average Bonchev–Trinajstić information content (AvgIpc) is 2.81. The molecule has 1 aliphatic heterocycles. The zero-order valence-corrected chi connectivity index (χ0v) is 11.6.